The molecule has 1 aliphatic rings. The van der Waals surface area contributed by atoms with Gasteiger partial charge in [-0.3, -0.25) is 9.58 Å². The van der Waals surface area contributed by atoms with E-state index in [2.05, 4.69) is 20.1 Å². The zero-order chi connectivity index (χ0) is 13.9. The van der Waals surface area contributed by atoms with Crippen LogP contribution < -0.4 is 0 Å². The quantitative estimate of drug-likeness (QED) is 0.818. The van der Waals surface area contributed by atoms with Crippen LogP contribution in [0.4, 0.5) is 0 Å². The van der Waals surface area contributed by atoms with E-state index < -0.39 is 0 Å². The van der Waals surface area contributed by atoms with Crippen molar-refractivity contribution in [2.75, 3.05) is 13.6 Å². The third-order valence-electron chi connectivity index (χ3n) is 3.66. The van der Waals surface area contributed by atoms with Crippen molar-refractivity contribution < 1.29 is 4.52 Å². The first-order chi connectivity index (χ1) is 9.70. The molecule has 0 aliphatic heterocycles. The Bertz CT molecular complexity index is 563. The summed E-state index contributed by atoms with van der Waals surface area (Å²) >= 11 is 5.83. The molecule has 1 fully saturated rings. The molecule has 0 amide bonds. The fourth-order valence-electron chi connectivity index (χ4n) is 2.21. The summed E-state index contributed by atoms with van der Waals surface area (Å²) in [4.78, 5) is 6.61. The monoisotopic (exact) mass is 295 g/mol. The average molecular weight is 296 g/mol. The lowest BCUT2D eigenvalue weighted by Crippen LogP contribution is -2.23. The molecule has 2 aromatic heterocycles. The second-order valence-electron chi connectivity index (χ2n) is 5.34. The van der Waals surface area contributed by atoms with Gasteiger partial charge in [0.15, 0.2) is 5.82 Å². The van der Waals surface area contributed by atoms with Crippen LogP contribution in [0, 0.1) is 0 Å². The minimum absolute atomic E-state index is 0.493. The summed E-state index contributed by atoms with van der Waals surface area (Å²) in [5, 5.41) is 8.86. The summed E-state index contributed by atoms with van der Waals surface area (Å²) in [6.45, 7) is 2.33. The molecular weight excluding hydrogens is 278 g/mol. The minimum atomic E-state index is 0.493. The summed E-state index contributed by atoms with van der Waals surface area (Å²) in [6, 6.07) is 0. The average Bonchev–Trinajstić information content (AvgIpc) is 2.94. The number of nitrogens with zero attached hydrogens (tertiary/aromatic N) is 5. The SMILES string of the molecule is CN(CCn1cc(Cl)cn1)Cc1noc(C2CCC2)n1. The molecule has 0 saturated heterocycles. The van der Waals surface area contributed by atoms with E-state index in [9.17, 15) is 0 Å². The van der Waals surface area contributed by atoms with Gasteiger partial charge in [0.05, 0.1) is 24.3 Å². The number of hydrogen-bond donors (Lipinski definition) is 0. The lowest BCUT2D eigenvalue weighted by atomic mass is 9.85. The number of aromatic nitrogens is 4. The maximum atomic E-state index is 5.83. The number of hydrogen-bond acceptors (Lipinski definition) is 5. The summed E-state index contributed by atoms with van der Waals surface area (Å²) in [7, 11) is 2.03. The van der Waals surface area contributed by atoms with E-state index >= 15 is 0 Å². The molecule has 0 N–H and O–H groups in total. The molecule has 0 unspecified atom stereocenters. The Hall–Kier alpha value is -1.40. The maximum Gasteiger partial charge on any atom is 0.229 e. The first kappa shape index (κ1) is 13.6. The lowest BCUT2D eigenvalue weighted by Gasteiger charge is -2.20. The van der Waals surface area contributed by atoms with E-state index in [4.69, 9.17) is 16.1 Å². The van der Waals surface area contributed by atoms with Gasteiger partial charge < -0.3 is 4.52 Å². The van der Waals surface area contributed by atoms with Gasteiger partial charge >= 0.3 is 0 Å². The summed E-state index contributed by atoms with van der Waals surface area (Å²) in [6.07, 6.45) is 7.09. The first-order valence-electron chi connectivity index (χ1n) is 6.89. The third-order valence-corrected chi connectivity index (χ3v) is 3.86. The number of likely N-dealkylation sites (N-methyl/N-ethyl adjacent to an activating group) is 1. The second kappa shape index (κ2) is 5.93. The predicted octanol–water partition coefficient (Wildman–Crippen LogP) is 2.32. The topological polar surface area (TPSA) is 60.0 Å². The third kappa shape index (κ3) is 3.19. The van der Waals surface area contributed by atoms with Crippen LogP contribution >= 0.6 is 11.6 Å². The molecule has 0 aromatic carbocycles. The highest BCUT2D eigenvalue weighted by atomic mass is 35.5. The smallest absolute Gasteiger partial charge is 0.229 e. The number of rotatable bonds is 6. The number of halogens is 1. The highest BCUT2D eigenvalue weighted by Crippen LogP contribution is 2.35. The molecule has 0 spiro atoms. The summed E-state index contributed by atoms with van der Waals surface area (Å²) in [5.41, 5.74) is 0. The van der Waals surface area contributed by atoms with Crippen LogP contribution in [0.25, 0.3) is 0 Å². The Balaban J connectivity index is 1.48. The fourth-order valence-corrected chi connectivity index (χ4v) is 2.36. The van der Waals surface area contributed by atoms with E-state index in [1.165, 1.54) is 19.3 Å². The molecule has 2 heterocycles. The van der Waals surface area contributed by atoms with E-state index in [0.29, 0.717) is 17.5 Å². The highest BCUT2D eigenvalue weighted by molar-refractivity contribution is 6.30. The Labute approximate surface area is 122 Å². The molecule has 1 saturated carbocycles. The van der Waals surface area contributed by atoms with Gasteiger partial charge in [-0.2, -0.15) is 10.1 Å². The van der Waals surface area contributed by atoms with E-state index in [1.807, 2.05) is 17.9 Å². The maximum absolute atomic E-state index is 5.83. The molecule has 0 bridgehead atoms. The van der Waals surface area contributed by atoms with Crippen molar-refractivity contribution in [2.45, 2.75) is 38.3 Å². The van der Waals surface area contributed by atoms with Gasteiger partial charge in [0.1, 0.15) is 0 Å². The lowest BCUT2D eigenvalue weighted by molar-refractivity contribution is 0.278. The van der Waals surface area contributed by atoms with Crippen LogP contribution in [-0.4, -0.2) is 38.4 Å². The summed E-state index contributed by atoms with van der Waals surface area (Å²) in [5.74, 6) is 2.05. The summed E-state index contributed by atoms with van der Waals surface area (Å²) < 4.78 is 7.14. The molecule has 6 nitrogen and oxygen atoms in total. The van der Waals surface area contributed by atoms with Crippen LogP contribution in [0.1, 0.15) is 36.9 Å². The molecule has 20 heavy (non-hydrogen) atoms. The Morgan fingerprint density at radius 3 is 3.00 bits per heavy atom. The molecule has 7 heteroatoms. The minimum Gasteiger partial charge on any atom is -0.339 e. The molecule has 3 rings (SSSR count). The van der Waals surface area contributed by atoms with Crippen molar-refractivity contribution >= 4 is 11.6 Å². The van der Waals surface area contributed by atoms with Gasteiger partial charge in [0, 0.05) is 18.7 Å². The van der Waals surface area contributed by atoms with Crippen molar-refractivity contribution in [1.82, 2.24) is 24.8 Å². The van der Waals surface area contributed by atoms with Crippen molar-refractivity contribution in [2.24, 2.45) is 0 Å². The zero-order valence-electron chi connectivity index (χ0n) is 11.5. The molecule has 108 valence electrons. The van der Waals surface area contributed by atoms with Crippen molar-refractivity contribution in [3.8, 4) is 0 Å². The Morgan fingerprint density at radius 1 is 1.50 bits per heavy atom. The predicted molar refractivity (Wildman–Crippen MR) is 74.5 cm³/mol. The van der Waals surface area contributed by atoms with E-state index in [0.717, 1.165) is 24.8 Å². The fraction of sp³-hybridized carbons (Fsp3) is 0.615. The largest absolute Gasteiger partial charge is 0.339 e. The van der Waals surface area contributed by atoms with Gasteiger partial charge in [0.2, 0.25) is 5.89 Å². The van der Waals surface area contributed by atoms with Gasteiger partial charge in [-0.1, -0.05) is 23.2 Å². The van der Waals surface area contributed by atoms with Gasteiger partial charge in [-0.15, -0.1) is 0 Å². The first-order valence-corrected chi connectivity index (χ1v) is 7.27. The van der Waals surface area contributed by atoms with Gasteiger partial charge in [-0.25, -0.2) is 0 Å². The normalized spacial score (nSPS) is 15.8. The van der Waals surface area contributed by atoms with Gasteiger partial charge in [-0.05, 0) is 19.9 Å². The Kier molecular flexibility index (Phi) is 4.03. The molecule has 1 aliphatic carbocycles. The van der Waals surface area contributed by atoms with E-state index in [1.54, 1.807) is 6.20 Å². The van der Waals surface area contributed by atoms with Crippen LogP contribution in [0.5, 0.6) is 0 Å². The van der Waals surface area contributed by atoms with Crippen LogP contribution in [0.3, 0.4) is 0 Å². The Morgan fingerprint density at radius 2 is 2.35 bits per heavy atom. The molecule has 2 aromatic rings. The van der Waals surface area contributed by atoms with Crippen LogP contribution in [0.2, 0.25) is 5.02 Å². The molecule has 0 radical (unpaired) electrons. The van der Waals surface area contributed by atoms with Gasteiger partial charge in [0.25, 0.3) is 0 Å². The van der Waals surface area contributed by atoms with Crippen LogP contribution in [0.15, 0.2) is 16.9 Å². The zero-order valence-corrected chi connectivity index (χ0v) is 12.3. The van der Waals surface area contributed by atoms with Crippen LogP contribution in [-0.2, 0) is 13.1 Å². The van der Waals surface area contributed by atoms with Crippen molar-refractivity contribution in [1.29, 1.82) is 0 Å². The molecule has 0 atom stereocenters. The van der Waals surface area contributed by atoms with Crippen molar-refractivity contribution in [3.63, 3.8) is 0 Å². The van der Waals surface area contributed by atoms with E-state index in [-0.39, 0.29) is 0 Å². The highest BCUT2D eigenvalue weighted by Gasteiger charge is 2.25. The molecular formula is C13H18ClN5O. The standard InChI is InChI=1S/C13H18ClN5O/c1-18(5-6-19-8-11(14)7-15-19)9-12-16-13(20-17-12)10-3-2-4-10/h7-8,10H,2-6,9H2,1H3. The second-order valence-corrected chi connectivity index (χ2v) is 5.77. The van der Waals surface area contributed by atoms with Crippen molar-refractivity contribution in [3.05, 3.63) is 29.1 Å².